The van der Waals surface area contributed by atoms with Crippen molar-refractivity contribution in [1.29, 1.82) is 0 Å². The van der Waals surface area contributed by atoms with Gasteiger partial charge in [-0.15, -0.1) is 6.58 Å². The number of nitrogens with two attached hydrogens (primary N) is 1. The zero-order valence-corrected chi connectivity index (χ0v) is 12.8. The van der Waals surface area contributed by atoms with Gasteiger partial charge in [0.15, 0.2) is 0 Å². The minimum atomic E-state index is 0.399. The Morgan fingerprint density at radius 1 is 1.26 bits per heavy atom. The highest BCUT2D eigenvalue weighted by Gasteiger charge is 2.15. The van der Waals surface area contributed by atoms with Crippen LogP contribution in [0.25, 0.3) is 0 Å². The molecule has 0 fully saturated rings. The van der Waals surface area contributed by atoms with Crippen LogP contribution in [-0.4, -0.2) is 9.55 Å². The molecule has 0 saturated carbocycles. The van der Waals surface area contributed by atoms with Gasteiger partial charge in [0.2, 0.25) is 0 Å². The molecule has 0 aromatic carbocycles. The molecule has 0 saturated heterocycles. The van der Waals surface area contributed by atoms with Gasteiger partial charge in [-0.05, 0) is 12.8 Å². The van der Waals surface area contributed by atoms with E-state index < -0.39 is 0 Å². The Labute approximate surface area is 117 Å². The van der Waals surface area contributed by atoms with Gasteiger partial charge in [-0.1, -0.05) is 52.5 Å². The molecule has 0 aliphatic carbocycles. The van der Waals surface area contributed by atoms with E-state index in [9.17, 15) is 0 Å². The van der Waals surface area contributed by atoms with Crippen LogP contribution in [0.4, 0.5) is 5.82 Å². The van der Waals surface area contributed by atoms with E-state index in [0.717, 1.165) is 30.3 Å². The van der Waals surface area contributed by atoms with E-state index in [-0.39, 0.29) is 0 Å². The number of unbranched alkanes of at least 4 members (excludes halogenated alkanes) is 4. The quantitative estimate of drug-likeness (QED) is 0.533. The normalized spacial score (nSPS) is 11.2. The number of aryl methyl sites for hydroxylation is 1. The van der Waals surface area contributed by atoms with Gasteiger partial charge in [-0.3, -0.25) is 0 Å². The Kier molecular flexibility index (Phi) is 6.68. The van der Waals surface area contributed by atoms with Gasteiger partial charge in [-0.2, -0.15) is 0 Å². The van der Waals surface area contributed by atoms with Gasteiger partial charge in [-0.25, -0.2) is 4.98 Å². The van der Waals surface area contributed by atoms with Gasteiger partial charge < -0.3 is 10.3 Å². The van der Waals surface area contributed by atoms with Gasteiger partial charge in [0.25, 0.3) is 0 Å². The molecule has 0 amide bonds. The lowest BCUT2D eigenvalue weighted by atomic mass is 10.1. The fourth-order valence-corrected chi connectivity index (χ4v) is 2.38. The lowest BCUT2D eigenvalue weighted by Gasteiger charge is -2.09. The van der Waals surface area contributed by atoms with Crippen LogP contribution in [0.1, 0.15) is 70.3 Å². The molecule has 0 unspecified atom stereocenters. The summed E-state index contributed by atoms with van der Waals surface area (Å²) in [4.78, 5) is 4.74. The average molecular weight is 263 g/mol. The second kappa shape index (κ2) is 8.03. The number of allylic oxidation sites excluding steroid dienone is 1. The first kappa shape index (κ1) is 15.8. The molecule has 0 aliphatic heterocycles. The predicted molar refractivity (Wildman–Crippen MR) is 83.4 cm³/mol. The van der Waals surface area contributed by atoms with E-state index in [2.05, 4.69) is 31.9 Å². The van der Waals surface area contributed by atoms with E-state index >= 15 is 0 Å². The van der Waals surface area contributed by atoms with Crippen LogP contribution in [0.15, 0.2) is 12.7 Å². The largest absolute Gasteiger partial charge is 0.384 e. The van der Waals surface area contributed by atoms with Crippen molar-refractivity contribution in [1.82, 2.24) is 9.55 Å². The van der Waals surface area contributed by atoms with Crippen molar-refractivity contribution in [2.75, 3.05) is 5.73 Å². The van der Waals surface area contributed by atoms with Crippen LogP contribution in [0, 0.1) is 0 Å². The van der Waals surface area contributed by atoms with E-state index in [0.29, 0.717) is 5.92 Å². The molecular formula is C16H29N3. The SMILES string of the molecule is C=CCn1c(C(C)C)nc(CCCCCCC)c1N. The van der Waals surface area contributed by atoms with Crippen LogP contribution in [0.3, 0.4) is 0 Å². The highest BCUT2D eigenvalue weighted by molar-refractivity contribution is 5.39. The monoisotopic (exact) mass is 263 g/mol. The summed E-state index contributed by atoms with van der Waals surface area (Å²) in [6.45, 7) is 11.1. The predicted octanol–water partition coefficient (Wildman–Crippen LogP) is 4.29. The fourth-order valence-electron chi connectivity index (χ4n) is 2.38. The summed E-state index contributed by atoms with van der Waals surface area (Å²) in [7, 11) is 0. The lowest BCUT2D eigenvalue weighted by molar-refractivity contribution is 0.628. The molecule has 108 valence electrons. The van der Waals surface area contributed by atoms with Crippen LogP contribution in [-0.2, 0) is 13.0 Å². The van der Waals surface area contributed by atoms with Crippen molar-refractivity contribution in [2.45, 2.75) is 71.8 Å². The molecule has 0 aliphatic rings. The lowest BCUT2D eigenvalue weighted by Crippen LogP contribution is -2.07. The first-order valence-corrected chi connectivity index (χ1v) is 7.57. The number of hydrogen-bond acceptors (Lipinski definition) is 2. The summed E-state index contributed by atoms with van der Waals surface area (Å²) in [5.74, 6) is 2.32. The van der Waals surface area contributed by atoms with Crippen LogP contribution < -0.4 is 5.73 Å². The molecular weight excluding hydrogens is 234 g/mol. The number of rotatable bonds is 9. The number of imidazole rings is 1. The minimum Gasteiger partial charge on any atom is -0.384 e. The third kappa shape index (κ3) is 4.41. The summed E-state index contributed by atoms with van der Waals surface area (Å²) < 4.78 is 2.10. The Morgan fingerprint density at radius 2 is 1.95 bits per heavy atom. The summed E-state index contributed by atoms with van der Waals surface area (Å²) >= 11 is 0. The second-order valence-corrected chi connectivity index (χ2v) is 5.52. The van der Waals surface area contributed by atoms with Crippen LogP contribution >= 0.6 is 0 Å². The second-order valence-electron chi connectivity index (χ2n) is 5.52. The van der Waals surface area contributed by atoms with Crippen molar-refractivity contribution in [3.8, 4) is 0 Å². The van der Waals surface area contributed by atoms with Gasteiger partial charge in [0.1, 0.15) is 11.6 Å². The zero-order chi connectivity index (χ0) is 14.3. The summed E-state index contributed by atoms with van der Waals surface area (Å²) in [6, 6.07) is 0. The summed E-state index contributed by atoms with van der Waals surface area (Å²) in [5.41, 5.74) is 7.29. The van der Waals surface area contributed by atoms with E-state index in [1.54, 1.807) is 0 Å². The molecule has 1 heterocycles. The minimum absolute atomic E-state index is 0.399. The Hall–Kier alpha value is -1.25. The standard InChI is InChI=1S/C16H29N3/c1-5-7-8-9-10-11-14-15(17)19(12-6-2)16(18-14)13(3)4/h6,13H,2,5,7-12,17H2,1,3-4H3. The fraction of sp³-hybridized carbons (Fsp3) is 0.688. The number of nitrogens with zero attached hydrogens (tertiary/aromatic N) is 2. The number of hydrogen-bond donors (Lipinski definition) is 1. The van der Waals surface area contributed by atoms with E-state index in [1.807, 2.05) is 6.08 Å². The molecule has 1 rings (SSSR count). The molecule has 0 bridgehead atoms. The van der Waals surface area contributed by atoms with Gasteiger partial charge in [0.05, 0.1) is 5.69 Å². The van der Waals surface area contributed by atoms with Crippen LogP contribution in [0.5, 0.6) is 0 Å². The Bertz CT molecular complexity index is 391. The third-order valence-electron chi connectivity index (χ3n) is 3.46. The molecule has 19 heavy (non-hydrogen) atoms. The molecule has 3 heteroatoms. The summed E-state index contributed by atoms with van der Waals surface area (Å²) in [5, 5.41) is 0. The summed E-state index contributed by atoms with van der Waals surface area (Å²) in [6.07, 6.45) is 9.28. The van der Waals surface area contributed by atoms with Crippen LogP contribution in [0.2, 0.25) is 0 Å². The number of nitrogen functional groups attached to an aromatic ring is 1. The maximum atomic E-state index is 6.22. The number of aromatic nitrogens is 2. The van der Waals surface area contributed by atoms with Crippen molar-refractivity contribution in [2.24, 2.45) is 0 Å². The van der Waals surface area contributed by atoms with Gasteiger partial charge in [0, 0.05) is 12.5 Å². The molecule has 0 spiro atoms. The third-order valence-corrected chi connectivity index (χ3v) is 3.46. The maximum absolute atomic E-state index is 6.22. The molecule has 1 aromatic heterocycles. The topological polar surface area (TPSA) is 43.8 Å². The van der Waals surface area contributed by atoms with Crippen molar-refractivity contribution in [3.05, 3.63) is 24.2 Å². The van der Waals surface area contributed by atoms with Crippen molar-refractivity contribution in [3.63, 3.8) is 0 Å². The molecule has 2 N–H and O–H groups in total. The highest BCUT2D eigenvalue weighted by Crippen LogP contribution is 2.22. The first-order chi connectivity index (χ1) is 9.11. The van der Waals surface area contributed by atoms with Gasteiger partial charge >= 0.3 is 0 Å². The van der Waals surface area contributed by atoms with E-state index in [4.69, 9.17) is 10.7 Å². The molecule has 3 nitrogen and oxygen atoms in total. The zero-order valence-electron chi connectivity index (χ0n) is 12.8. The highest BCUT2D eigenvalue weighted by atomic mass is 15.1. The molecule has 0 atom stereocenters. The molecule has 0 radical (unpaired) electrons. The maximum Gasteiger partial charge on any atom is 0.127 e. The smallest absolute Gasteiger partial charge is 0.127 e. The average Bonchev–Trinajstić information content (AvgIpc) is 2.68. The Balaban J connectivity index is 2.67. The van der Waals surface area contributed by atoms with Crippen molar-refractivity contribution >= 4 is 5.82 Å². The van der Waals surface area contributed by atoms with E-state index in [1.165, 1.54) is 32.1 Å². The Morgan fingerprint density at radius 3 is 2.53 bits per heavy atom. The van der Waals surface area contributed by atoms with Crippen molar-refractivity contribution < 1.29 is 0 Å². The molecule has 1 aromatic rings. The first-order valence-electron chi connectivity index (χ1n) is 7.57. The number of anilines is 1.